The van der Waals surface area contributed by atoms with Crippen LogP contribution in [0.4, 0.5) is 5.69 Å². The molecule has 2 rings (SSSR count). The molecule has 0 aliphatic carbocycles. The number of hydrogen-bond donors (Lipinski definition) is 2. The summed E-state index contributed by atoms with van der Waals surface area (Å²) in [6.07, 6.45) is -0.261. The predicted molar refractivity (Wildman–Crippen MR) is 82.0 cm³/mol. The molecule has 1 amide bonds. The minimum absolute atomic E-state index is 0.119. The normalized spacial score (nSPS) is 11.5. The van der Waals surface area contributed by atoms with Gasteiger partial charge in [-0.2, -0.15) is 0 Å². The van der Waals surface area contributed by atoms with E-state index in [2.05, 4.69) is 5.32 Å². The number of hydrogen-bond acceptors (Lipinski definition) is 4. The average Bonchev–Trinajstić information content (AvgIpc) is 2.54. The third-order valence-electron chi connectivity index (χ3n) is 3.23. The maximum atomic E-state index is 12.2. The molecule has 0 aliphatic heterocycles. The van der Waals surface area contributed by atoms with Gasteiger partial charge in [0.25, 0.3) is 11.6 Å². The summed E-state index contributed by atoms with van der Waals surface area (Å²) in [5, 5.41) is 22.2. The first-order valence-electron chi connectivity index (χ1n) is 6.79. The monoisotopic (exact) mass is 314 g/mol. The van der Waals surface area contributed by atoms with E-state index in [9.17, 15) is 19.7 Å². The van der Waals surface area contributed by atoms with Gasteiger partial charge in [0.15, 0.2) is 0 Å². The molecule has 0 aliphatic rings. The highest BCUT2D eigenvalue weighted by Gasteiger charge is 2.19. The van der Waals surface area contributed by atoms with E-state index in [1.165, 1.54) is 24.3 Å². The number of nitro groups is 1. The largest absolute Gasteiger partial charge is 0.481 e. The Morgan fingerprint density at radius 1 is 1.09 bits per heavy atom. The van der Waals surface area contributed by atoms with Gasteiger partial charge in [-0.3, -0.25) is 19.7 Å². The van der Waals surface area contributed by atoms with Gasteiger partial charge in [-0.05, 0) is 17.7 Å². The fourth-order valence-corrected chi connectivity index (χ4v) is 2.09. The van der Waals surface area contributed by atoms with Crippen molar-refractivity contribution >= 4 is 17.6 Å². The van der Waals surface area contributed by atoms with Crippen LogP contribution in [0.3, 0.4) is 0 Å². The highest BCUT2D eigenvalue weighted by molar-refractivity contribution is 5.94. The first kappa shape index (κ1) is 16.2. The Morgan fingerprint density at radius 2 is 1.70 bits per heavy atom. The van der Waals surface area contributed by atoms with E-state index in [1.54, 1.807) is 30.3 Å². The number of rotatable bonds is 6. The lowest BCUT2D eigenvalue weighted by Crippen LogP contribution is -2.30. The number of carbonyl (C=O) groups excluding carboxylic acids is 1. The SMILES string of the molecule is O=C(O)CC(NC(=O)c1ccc([N+](=O)[O-])cc1)c1ccccc1. The number of amides is 1. The molecule has 23 heavy (non-hydrogen) atoms. The van der Waals surface area contributed by atoms with E-state index in [1.807, 2.05) is 0 Å². The van der Waals surface area contributed by atoms with Gasteiger partial charge in [0.05, 0.1) is 17.4 Å². The van der Waals surface area contributed by atoms with Gasteiger partial charge < -0.3 is 10.4 Å². The molecule has 0 fully saturated rings. The summed E-state index contributed by atoms with van der Waals surface area (Å²) < 4.78 is 0. The highest BCUT2D eigenvalue weighted by Crippen LogP contribution is 2.18. The molecule has 0 bridgehead atoms. The number of carboxylic acid groups (broad SMARTS) is 1. The summed E-state index contributed by atoms with van der Waals surface area (Å²) in [7, 11) is 0. The van der Waals surface area contributed by atoms with Crippen LogP contribution in [-0.2, 0) is 4.79 Å². The number of carboxylic acids is 1. The van der Waals surface area contributed by atoms with Crippen LogP contribution in [0, 0.1) is 10.1 Å². The second kappa shape index (κ2) is 7.17. The molecule has 0 heterocycles. The van der Waals surface area contributed by atoms with Crippen molar-refractivity contribution < 1.29 is 19.6 Å². The molecular weight excluding hydrogens is 300 g/mol. The summed E-state index contributed by atoms with van der Waals surface area (Å²) in [6.45, 7) is 0. The summed E-state index contributed by atoms with van der Waals surface area (Å²) in [5.41, 5.74) is 0.777. The third-order valence-corrected chi connectivity index (χ3v) is 3.23. The summed E-state index contributed by atoms with van der Waals surface area (Å²) in [6, 6.07) is 13.2. The topological polar surface area (TPSA) is 110 Å². The van der Waals surface area contributed by atoms with E-state index in [4.69, 9.17) is 5.11 Å². The van der Waals surface area contributed by atoms with Gasteiger partial charge in [-0.1, -0.05) is 30.3 Å². The Hall–Kier alpha value is -3.22. The molecule has 1 atom stereocenters. The zero-order chi connectivity index (χ0) is 16.8. The van der Waals surface area contributed by atoms with E-state index in [0.717, 1.165) is 0 Å². The number of nitrogens with one attached hydrogen (secondary N) is 1. The van der Waals surface area contributed by atoms with Gasteiger partial charge >= 0.3 is 5.97 Å². The van der Waals surface area contributed by atoms with Crippen LogP contribution in [-0.4, -0.2) is 21.9 Å². The second-order valence-corrected chi connectivity index (χ2v) is 4.84. The summed E-state index contributed by atoms with van der Waals surface area (Å²) >= 11 is 0. The van der Waals surface area contributed by atoms with Crippen LogP contribution >= 0.6 is 0 Å². The molecule has 2 aromatic carbocycles. The van der Waals surface area contributed by atoms with Crippen LogP contribution in [0.1, 0.15) is 28.4 Å². The first-order chi connectivity index (χ1) is 11.0. The van der Waals surface area contributed by atoms with Crippen LogP contribution in [0.2, 0.25) is 0 Å². The predicted octanol–water partition coefficient (Wildman–Crippen LogP) is 2.54. The molecule has 0 aromatic heterocycles. The smallest absolute Gasteiger partial charge is 0.305 e. The molecule has 0 radical (unpaired) electrons. The van der Waals surface area contributed by atoms with Gasteiger partial charge in [-0.25, -0.2) is 0 Å². The highest BCUT2D eigenvalue weighted by atomic mass is 16.6. The molecule has 0 saturated carbocycles. The number of nitrogens with zero attached hydrogens (tertiary/aromatic N) is 1. The van der Waals surface area contributed by atoms with Crippen molar-refractivity contribution in [1.29, 1.82) is 0 Å². The Balaban J connectivity index is 2.17. The first-order valence-corrected chi connectivity index (χ1v) is 6.79. The minimum Gasteiger partial charge on any atom is -0.481 e. The minimum atomic E-state index is -1.04. The average molecular weight is 314 g/mol. The third kappa shape index (κ3) is 4.37. The number of non-ortho nitro benzene ring substituents is 1. The molecular formula is C16H14N2O5. The standard InChI is InChI=1S/C16H14N2O5/c19-15(20)10-14(11-4-2-1-3-5-11)17-16(21)12-6-8-13(9-7-12)18(22)23/h1-9,14H,10H2,(H,17,21)(H,19,20). The number of aliphatic carboxylic acids is 1. The number of nitro benzene ring substituents is 1. The van der Waals surface area contributed by atoms with E-state index in [0.29, 0.717) is 5.56 Å². The van der Waals surface area contributed by atoms with Gasteiger partial charge in [-0.15, -0.1) is 0 Å². The van der Waals surface area contributed by atoms with Crippen molar-refractivity contribution in [1.82, 2.24) is 5.32 Å². The molecule has 2 aromatic rings. The van der Waals surface area contributed by atoms with Gasteiger partial charge in [0.1, 0.15) is 0 Å². The second-order valence-electron chi connectivity index (χ2n) is 4.84. The van der Waals surface area contributed by atoms with Crippen LogP contribution in [0.5, 0.6) is 0 Å². The van der Waals surface area contributed by atoms with E-state index in [-0.39, 0.29) is 17.7 Å². The molecule has 0 spiro atoms. The van der Waals surface area contributed by atoms with Crippen molar-refractivity contribution in [2.75, 3.05) is 0 Å². The number of benzene rings is 2. The Morgan fingerprint density at radius 3 is 2.22 bits per heavy atom. The van der Waals surface area contributed by atoms with Crippen LogP contribution in [0.15, 0.2) is 54.6 Å². The Bertz CT molecular complexity index is 713. The van der Waals surface area contributed by atoms with Gasteiger partial charge in [0.2, 0.25) is 0 Å². The Kier molecular flexibility index (Phi) is 5.03. The fourth-order valence-electron chi connectivity index (χ4n) is 2.09. The lowest BCUT2D eigenvalue weighted by molar-refractivity contribution is -0.384. The van der Waals surface area contributed by atoms with Crippen molar-refractivity contribution in [2.24, 2.45) is 0 Å². The van der Waals surface area contributed by atoms with Crippen LogP contribution in [0.25, 0.3) is 0 Å². The zero-order valence-corrected chi connectivity index (χ0v) is 12.0. The fraction of sp³-hybridized carbons (Fsp3) is 0.125. The summed E-state index contributed by atoms with van der Waals surface area (Å²) in [4.78, 5) is 33.3. The zero-order valence-electron chi connectivity index (χ0n) is 12.0. The van der Waals surface area contributed by atoms with Crippen molar-refractivity contribution in [2.45, 2.75) is 12.5 Å². The molecule has 7 heteroatoms. The number of carbonyl (C=O) groups is 2. The Labute approximate surface area is 131 Å². The molecule has 118 valence electrons. The van der Waals surface area contributed by atoms with Crippen LogP contribution < -0.4 is 5.32 Å². The van der Waals surface area contributed by atoms with Crippen molar-refractivity contribution in [3.63, 3.8) is 0 Å². The van der Waals surface area contributed by atoms with Crippen molar-refractivity contribution in [3.05, 3.63) is 75.8 Å². The molecule has 2 N–H and O–H groups in total. The maximum absolute atomic E-state index is 12.2. The quantitative estimate of drug-likeness (QED) is 0.629. The summed E-state index contributed by atoms with van der Waals surface area (Å²) in [5.74, 6) is -1.53. The lowest BCUT2D eigenvalue weighted by atomic mass is 10.0. The molecule has 0 saturated heterocycles. The molecule has 7 nitrogen and oxygen atoms in total. The molecule has 1 unspecified atom stereocenters. The van der Waals surface area contributed by atoms with E-state index < -0.39 is 22.8 Å². The lowest BCUT2D eigenvalue weighted by Gasteiger charge is -2.17. The van der Waals surface area contributed by atoms with Gasteiger partial charge in [0, 0.05) is 17.7 Å². The van der Waals surface area contributed by atoms with Crippen molar-refractivity contribution in [3.8, 4) is 0 Å². The maximum Gasteiger partial charge on any atom is 0.305 e. The van der Waals surface area contributed by atoms with E-state index >= 15 is 0 Å².